The molecule has 0 heterocycles. The van der Waals surface area contributed by atoms with Gasteiger partial charge in [-0.1, -0.05) is 12.1 Å². The average molecular weight is 460 g/mol. The lowest BCUT2D eigenvalue weighted by atomic mass is 10.00. The summed E-state index contributed by atoms with van der Waals surface area (Å²) < 4.78 is 25.0. The summed E-state index contributed by atoms with van der Waals surface area (Å²) in [6.07, 6.45) is 0.577. The van der Waals surface area contributed by atoms with E-state index in [1.165, 1.54) is 43.8 Å². The van der Waals surface area contributed by atoms with Crippen molar-refractivity contribution in [1.29, 1.82) is 0 Å². The van der Waals surface area contributed by atoms with Crippen molar-refractivity contribution < 1.29 is 38.6 Å². The highest BCUT2D eigenvalue weighted by molar-refractivity contribution is 5.95. The van der Waals surface area contributed by atoms with Crippen LogP contribution in [0.25, 0.3) is 0 Å². The first kappa shape index (κ1) is 25.5. The number of methoxy groups -OCH3 is 1. The second-order valence-corrected chi connectivity index (χ2v) is 7.03. The lowest BCUT2D eigenvalue weighted by molar-refractivity contribution is -0.124. The minimum absolute atomic E-state index is 0.119. The van der Waals surface area contributed by atoms with E-state index in [0.717, 1.165) is 18.2 Å². The van der Waals surface area contributed by atoms with Crippen molar-refractivity contribution in [2.75, 3.05) is 12.4 Å². The number of aromatic hydroxyl groups is 1. The summed E-state index contributed by atoms with van der Waals surface area (Å²) in [5, 5.41) is 20.6. The van der Waals surface area contributed by atoms with Gasteiger partial charge in [0.1, 0.15) is 0 Å². The molecule has 0 radical (unpaired) electrons. The number of phenols is 1. The fourth-order valence-electron chi connectivity index (χ4n) is 2.99. The minimum atomic E-state index is -1.05. The Bertz CT molecular complexity index is 1010. The predicted molar refractivity (Wildman–Crippen MR) is 116 cm³/mol. The summed E-state index contributed by atoms with van der Waals surface area (Å²) >= 11 is 0. The minimum Gasteiger partial charge on any atom is -0.505 e. The van der Waals surface area contributed by atoms with Gasteiger partial charge in [-0.3, -0.25) is 20.1 Å². The quantitative estimate of drug-likeness (QED) is 0.183. The summed E-state index contributed by atoms with van der Waals surface area (Å²) in [6, 6.07) is 9.76. The number of amides is 2. The fraction of sp³-hybridized carbons (Fsp3) is 0.261. The molecule has 0 saturated heterocycles. The van der Waals surface area contributed by atoms with Gasteiger partial charge >= 0.3 is 6.09 Å². The second-order valence-electron chi connectivity index (χ2n) is 7.03. The monoisotopic (exact) mass is 460 g/mol. The number of halogens is 1. The molecule has 2 aromatic carbocycles. The van der Waals surface area contributed by atoms with Crippen LogP contribution in [0.15, 0.2) is 54.6 Å². The zero-order valence-corrected chi connectivity index (χ0v) is 18.1. The number of phenolic OH excluding ortho intramolecular Hbond substituents is 1. The SMILES string of the molecule is CO[C@@H](CC/C=C/C(=O)NO)[C@@H](OC(=O)Nc1ccc(C(C)=O)cc1)c1ccc(O)c(F)c1. The van der Waals surface area contributed by atoms with Gasteiger partial charge in [-0.15, -0.1) is 0 Å². The van der Waals surface area contributed by atoms with E-state index < -0.39 is 35.8 Å². The molecule has 0 aromatic heterocycles. The lowest BCUT2D eigenvalue weighted by Crippen LogP contribution is -2.28. The number of benzene rings is 2. The molecule has 0 aliphatic heterocycles. The molecule has 0 fully saturated rings. The van der Waals surface area contributed by atoms with Crippen LogP contribution in [0.3, 0.4) is 0 Å². The first-order valence-corrected chi connectivity index (χ1v) is 9.95. The van der Waals surface area contributed by atoms with E-state index in [1.807, 2.05) is 0 Å². The van der Waals surface area contributed by atoms with Gasteiger partial charge in [-0.05, 0) is 61.7 Å². The van der Waals surface area contributed by atoms with E-state index in [9.17, 15) is 23.9 Å². The number of carbonyl (C=O) groups is 3. The Kier molecular flexibility index (Phi) is 9.52. The number of Topliss-reactive ketones (excluding diaryl/α,β-unsaturated/α-hetero) is 1. The van der Waals surface area contributed by atoms with Crippen LogP contribution in [0.5, 0.6) is 5.75 Å². The molecule has 0 aliphatic carbocycles. The van der Waals surface area contributed by atoms with Crippen LogP contribution in [0.4, 0.5) is 14.9 Å². The summed E-state index contributed by atoms with van der Waals surface area (Å²) in [6.45, 7) is 1.42. The lowest BCUT2D eigenvalue weighted by Gasteiger charge is -2.26. The molecular weight excluding hydrogens is 435 g/mol. The molecule has 2 atom stereocenters. The molecule has 0 unspecified atom stereocenters. The molecule has 176 valence electrons. The van der Waals surface area contributed by atoms with Crippen LogP contribution in [0.2, 0.25) is 0 Å². The van der Waals surface area contributed by atoms with E-state index >= 15 is 0 Å². The summed E-state index contributed by atoms with van der Waals surface area (Å²) in [5.74, 6) is -2.27. The number of hydrogen-bond donors (Lipinski definition) is 4. The highest BCUT2D eigenvalue weighted by atomic mass is 19.1. The van der Waals surface area contributed by atoms with Gasteiger partial charge in [-0.25, -0.2) is 14.7 Å². The van der Waals surface area contributed by atoms with Crippen LogP contribution in [0, 0.1) is 5.82 Å². The molecule has 0 saturated carbocycles. The van der Waals surface area contributed by atoms with Crippen molar-refractivity contribution in [3.8, 4) is 5.75 Å². The van der Waals surface area contributed by atoms with E-state index in [4.69, 9.17) is 14.7 Å². The number of allylic oxidation sites excluding steroid dienone is 1. The predicted octanol–water partition coefficient (Wildman–Crippen LogP) is 3.88. The Labute approximate surface area is 189 Å². The number of hydroxylamine groups is 1. The van der Waals surface area contributed by atoms with Gasteiger partial charge in [0.15, 0.2) is 23.5 Å². The third-order valence-electron chi connectivity index (χ3n) is 4.71. The zero-order chi connectivity index (χ0) is 24.4. The molecule has 2 rings (SSSR count). The Hall–Kier alpha value is -3.76. The van der Waals surface area contributed by atoms with Gasteiger partial charge < -0.3 is 14.6 Å². The maximum Gasteiger partial charge on any atom is 0.412 e. The van der Waals surface area contributed by atoms with Crippen molar-refractivity contribution in [3.63, 3.8) is 0 Å². The smallest absolute Gasteiger partial charge is 0.412 e. The zero-order valence-electron chi connectivity index (χ0n) is 18.1. The van der Waals surface area contributed by atoms with Crippen molar-refractivity contribution >= 4 is 23.5 Å². The maximum absolute atomic E-state index is 14.0. The molecule has 9 nitrogen and oxygen atoms in total. The number of hydrogen-bond acceptors (Lipinski definition) is 7. The molecule has 0 spiro atoms. The summed E-state index contributed by atoms with van der Waals surface area (Å²) in [5.41, 5.74) is 2.58. The van der Waals surface area contributed by atoms with E-state index in [-0.39, 0.29) is 17.8 Å². The number of ether oxygens (including phenoxy) is 2. The average Bonchev–Trinajstić information content (AvgIpc) is 2.80. The third-order valence-corrected chi connectivity index (χ3v) is 4.71. The standard InChI is InChI=1S/C23H25FN2O7/c1-14(27)15-7-10-17(11-8-15)25-23(30)33-22(16-9-12-19(28)18(24)13-16)20(32-2)5-3-4-6-21(29)26-31/h4,6-13,20,22,28,31H,3,5H2,1-2H3,(H,25,30)(H,26,29)/b6-4+/t20-,22-/m0/s1. The number of rotatable bonds is 10. The Balaban J connectivity index is 2.19. The molecule has 0 aliphatic rings. The Morgan fingerprint density at radius 3 is 2.42 bits per heavy atom. The molecular formula is C23H25FN2O7. The van der Waals surface area contributed by atoms with Crippen LogP contribution in [-0.4, -0.2) is 41.3 Å². The normalized spacial score (nSPS) is 12.7. The fourth-order valence-corrected chi connectivity index (χ4v) is 2.99. The third kappa shape index (κ3) is 7.70. The van der Waals surface area contributed by atoms with Crippen molar-refractivity contribution in [1.82, 2.24) is 5.48 Å². The second kappa shape index (κ2) is 12.3. The number of anilines is 1. The highest BCUT2D eigenvalue weighted by Gasteiger charge is 2.28. The molecule has 2 amide bonds. The van der Waals surface area contributed by atoms with E-state index in [1.54, 1.807) is 12.1 Å². The molecule has 2 aromatic rings. The Morgan fingerprint density at radius 2 is 1.85 bits per heavy atom. The number of ketones is 1. The number of carbonyl (C=O) groups excluding carboxylic acids is 3. The van der Waals surface area contributed by atoms with Crippen LogP contribution in [-0.2, 0) is 14.3 Å². The molecule has 33 heavy (non-hydrogen) atoms. The first-order valence-electron chi connectivity index (χ1n) is 9.95. The maximum atomic E-state index is 14.0. The first-order chi connectivity index (χ1) is 15.7. The van der Waals surface area contributed by atoms with E-state index in [0.29, 0.717) is 17.7 Å². The van der Waals surface area contributed by atoms with Gasteiger partial charge in [0.05, 0.1) is 6.10 Å². The van der Waals surface area contributed by atoms with Crippen LogP contribution >= 0.6 is 0 Å². The van der Waals surface area contributed by atoms with Crippen LogP contribution in [0.1, 0.15) is 41.8 Å². The van der Waals surface area contributed by atoms with E-state index in [2.05, 4.69) is 5.32 Å². The summed E-state index contributed by atoms with van der Waals surface area (Å²) in [4.78, 5) is 35.0. The molecule has 4 N–H and O–H groups in total. The topological polar surface area (TPSA) is 134 Å². The summed E-state index contributed by atoms with van der Waals surface area (Å²) in [7, 11) is 1.39. The van der Waals surface area contributed by atoms with Gasteiger partial charge in [-0.2, -0.15) is 0 Å². The van der Waals surface area contributed by atoms with Gasteiger partial charge in [0.25, 0.3) is 5.91 Å². The van der Waals surface area contributed by atoms with Crippen molar-refractivity contribution in [2.45, 2.75) is 32.0 Å². The Morgan fingerprint density at radius 1 is 1.15 bits per heavy atom. The largest absolute Gasteiger partial charge is 0.505 e. The van der Waals surface area contributed by atoms with Crippen LogP contribution < -0.4 is 10.8 Å². The molecule has 0 bridgehead atoms. The van der Waals surface area contributed by atoms with Crippen molar-refractivity contribution in [3.05, 3.63) is 71.6 Å². The molecule has 10 heteroatoms. The highest BCUT2D eigenvalue weighted by Crippen LogP contribution is 2.30. The number of nitrogens with one attached hydrogen (secondary N) is 2. The van der Waals surface area contributed by atoms with Gasteiger partial charge in [0, 0.05) is 24.4 Å². The van der Waals surface area contributed by atoms with Crippen molar-refractivity contribution in [2.24, 2.45) is 0 Å². The van der Waals surface area contributed by atoms with Gasteiger partial charge in [0.2, 0.25) is 0 Å².